The van der Waals surface area contributed by atoms with E-state index in [0.29, 0.717) is 12.5 Å². The number of hydrogen-bond acceptors (Lipinski definition) is 5. The third-order valence-electron chi connectivity index (χ3n) is 4.45. The Kier molecular flexibility index (Phi) is 9.39. The molecule has 0 saturated carbocycles. The standard InChI is InChI=1S/C19H31N7O.HI/c1-4-20-19(21-11-16-14-25(9-10-27-16)13-15(2)3)22-12-18-24-23-17-7-5-6-8-26(17)18;/h5-8,15-16H,4,9-14H2,1-3H3,(H2,20,21,22);1H. The van der Waals surface area contributed by atoms with E-state index in [1.54, 1.807) is 0 Å². The van der Waals surface area contributed by atoms with E-state index in [1.807, 2.05) is 28.8 Å². The first-order valence-corrected chi connectivity index (χ1v) is 9.80. The first kappa shape index (κ1) is 22.8. The Morgan fingerprint density at radius 3 is 2.96 bits per heavy atom. The van der Waals surface area contributed by atoms with Crippen LogP contribution >= 0.6 is 24.0 Å². The molecule has 1 unspecified atom stereocenters. The Morgan fingerprint density at radius 2 is 2.18 bits per heavy atom. The van der Waals surface area contributed by atoms with Crippen molar-refractivity contribution in [3.63, 3.8) is 0 Å². The highest BCUT2D eigenvalue weighted by atomic mass is 127. The highest BCUT2D eigenvalue weighted by Gasteiger charge is 2.21. The zero-order chi connectivity index (χ0) is 19.1. The van der Waals surface area contributed by atoms with Crippen molar-refractivity contribution in [1.82, 2.24) is 30.1 Å². The van der Waals surface area contributed by atoms with Gasteiger partial charge in [-0.1, -0.05) is 19.9 Å². The number of aromatic nitrogens is 3. The highest BCUT2D eigenvalue weighted by molar-refractivity contribution is 14.0. The molecule has 0 amide bonds. The van der Waals surface area contributed by atoms with Crippen LogP contribution in [0.5, 0.6) is 0 Å². The number of nitrogens with zero attached hydrogens (tertiary/aromatic N) is 5. The quantitative estimate of drug-likeness (QED) is 0.342. The van der Waals surface area contributed by atoms with Crippen LogP contribution in [0.1, 0.15) is 26.6 Å². The van der Waals surface area contributed by atoms with E-state index in [1.165, 1.54) is 0 Å². The fraction of sp³-hybridized carbons (Fsp3) is 0.632. The Labute approximate surface area is 184 Å². The molecule has 0 bridgehead atoms. The lowest BCUT2D eigenvalue weighted by Crippen LogP contribution is -2.50. The van der Waals surface area contributed by atoms with Crippen LogP contribution in [0.2, 0.25) is 0 Å². The Hall–Kier alpha value is -1.46. The SMILES string of the molecule is CCNC(=NCc1nnc2ccccn12)NCC1CN(CC(C)C)CCO1.I. The Morgan fingerprint density at radius 1 is 1.32 bits per heavy atom. The van der Waals surface area contributed by atoms with Gasteiger partial charge in [-0.15, -0.1) is 34.2 Å². The maximum absolute atomic E-state index is 5.91. The minimum atomic E-state index is 0. The summed E-state index contributed by atoms with van der Waals surface area (Å²) in [4.78, 5) is 7.14. The average molecular weight is 501 g/mol. The van der Waals surface area contributed by atoms with Gasteiger partial charge in [-0.25, -0.2) is 4.99 Å². The van der Waals surface area contributed by atoms with E-state index >= 15 is 0 Å². The Balaban J connectivity index is 0.00000280. The van der Waals surface area contributed by atoms with Gasteiger partial charge in [0.05, 0.1) is 12.7 Å². The number of ether oxygens (including phenoxy) is 1. The number of pyridine rings is 1. The molecule has 0 radical (unpaired) electrons. The normalized spacial score (nSPS) is 18.3. The van der Waals surface area contributed by atoms with E-state index in [9.17, 15) is 0 Å². The van der Waals surface area contributed by atoms with Crippen LogP contribution in [0.4, 0.5) is 0 Å². The number of nitrogens with one attached hydrogen (secondary N) is 2. The van der Waals surface area contributed by atoms with Crippen molar-refractivity contribution >= 4 is 35.6 Å². The minimum Gasteiger partial charge on any atom is -0.374 e. The first-order chi connectivity index (χ1) is 13.2. The fourth-order valence-corrected chi connectivity index (χ4v) is 3.29. The number of aliphatic imine (C=N–C) groups is 1. The van der Waals surface area contributed by atoms with Crippen molar-refractivity contribution in [2.45, 2.75) is 33.4 Å². The highest BCUT2D eigenvalue weighted by Crippen LogP contribution is 2.07. The summed E-state index contributed by atoms with van der Waals surface area (Å²) in [6, 6.07) is 5.86. The fourth-order valence-electron chi connectivity index (χ4n) is 3.29. The number of morpholine rings is 1. The summed E-state index contributed by atoms with van der Waals surface area (Å²) in [6.07, 6.45) is 2.13. The minimum absolute atomic E-state index is 0. The largest absolute Gasteiger partial charge is 0.374 e. The molecule has 1 saturated heterocycles. The van der Waals surface area contributed by atoms with E-state index in [0.717, 1.165) is 56.8 Å². The van der Waals surface area contributed by atoms with Crippen molar-refractivity contribution in [3.8, 4) is 0 Å². The molecule has 2 aromatic rings. The predicted octanol–water partition coefficient (Wildman–Crippen LogP) is 1.76. The van der Waals surface area contributed by atoms with Crippen LogP contribution < -0.4 is 10.6 Å². The van der Waals surface area contributed by atoms with Gasteiger partial charge in [0.2, 0.25) is 0 Å². The summed E-state index contributed by atoms with van der Waals surface area (Å²) >= 11 is 0. The maximum Gasteiger partial charge on any atom is 0.191 e. The summed E-state index contributed by atoms with van der Waals surface area (Å²) < 4.78 is 7.87. The molecule has 3 rings (SSSR count). The number of halogens is 1. The smallest absolute Gasteiger partial charge is 0.191 e. The molecular formula is C19H32IN7O. The van der Waals surface area contributed by atoms with Gasteiger partial charge in [0.25, 0.3) is 0 Å². The van der Waals surface area contributed by atoms with Gasteiger partial charge >= 0.3 is 0 Å². The van der Waals surface area contributed by atoms with Crippen molar-refractivity contribution in [1.29, 1.82) is 0 Å². The number of guanidine groups is 1. The number of hydrogen-bond donors (Lipinski definition) is 2. The molecule has 2 N–H and O–H groups in total. The maximum atomic E-state index is 5.91. The van der Waals surface area contributed by atoms with Crippen molar-refractivity contribution in [2.75, 3.05) is 39.3 Å². The van der Waals surface area contributed by atoms with Crippen LogP contribution in [0, 0.1) is 5.92 Å². The zero-order valence-electron chi connectivity index (χ0n) is 17.0. The van der Waals surface area contributed by atoms with Gasteiger partial charge in [0.1, 0.15) is 6.54 Å². The third-order valence-corrected chi connectivity index (χ3v) is 4.45. The number of fused-ring (bicyclic) bond motifs is 1. The summed E-state index contributed by atoms with van der Waals surface area (Å²) in [6.45, 7) is 12.5. The molecule has 9 heteroatoms. The lowest BCUT2D eigenvalue weighted by molar-refractivity contribution is -0.0284. The second-order valence-corrected chi connectivity index (χ2v) is 7.27. The molecular weight excluding hydrogens is 469 g/mol. The van der Waals surface area contributed by atoms with Crippen LogP contribution in [0.25, 0.3) is 5.65 Å². The summed E-state index contributed by atoms with van der Waals surface area (Å²) in [5.74, 6) is 2.27. The monoisotopic (exact) mass is 501 g/mol. The van der Waals surface area contributed by atoms with Crippen LogP contribution in [-0.2, 0) is 11.3 Å². The van der Waals surface area contributed by atoms with Crippen molar-refractivity contribution < 1.29 is 4.74 Å². The first-order valence-electron chi connectivity index (χ1n) is 9.80. The number of rotatable bonds is 7. The topological polar surface area (TPSA) is 79.1 Å². The van der Waals surface area contributed by atoms with E-state index in [2.05, 4.69) is 51.5 Å². The summed E-state index contributed by atoms with van der Waals surface area (Å²) in [5.41, 5.74) is 0.835. The van der Waals surface area contributed by atoms with Gasteiger partial charge in [-0.05, 0) is 25.0 Å². The van der Waals surface area contributed by atoms with Crippen LogP contribution in [-0.4, -0.2) is 70.9 Å². The molecule has 1 fully saturated rings. The molecule has 1 aliphatic rings. The van der Waals surface area contributed by atoms with E-state index in [4.69, 9.17) is 4.74 Å². The molecule has 8 nitrogen and oxygen atoms in total. The third kappa shape index (κ3) is 6.56. The molecule has 0 aliphatic carbocycles. The summed E-state index contributed by atoms with van der Waals surface area (Å²) in [7, 11) is 0. The van der Waals surface area contributed by atoms with Crippen molar-refractivity contribution in [3.05, 3.63) is 30.2 Å². The lowest BCUT2D eigenvalue weighted by atomic mass is 10.2. The summed E-state index contributed by atoms with van der Waals surface area (Å²) in [5, 5.41) is 15.1. The molecule has 0 spiro atoms. The van der Waals surface area contributed by atoms with Crippen LogP contribution in [0.3, 0.4) is 0 Å². The molecule has 0 aromatic carbocycles. The predicted molar refractivity (Wildman–Crippen MR) is 122 cm³/mol. The average Bonchev–Trinajstić information content (AvgIpc) is 3.07. The van der Waals surface area contributed by atoms with Gasteiger partial charge < -0.3 is 15.4 Å². The molecule has 28 heavy (non-hydrogen) atoms. The van der Waals surface area contributed by atoms with E-state index in [-0.39, 0.29) is 30.1 Å². The van der Waals surface area contributed by atoms with E-state index < -0.39 is 0 Å². The second-order valence-electron chi connectivity index (χ2n) is 7.27. The van der Waals surface area contributed by atoms with Gasteiger partial charge in [0, 0.05) is 38.9 Å². The molecule has 2 aromatic heterocycles. The van der Waals surface area contributed by atoms with Gasteiger partial charge in [0.15, 0.2) is 17.4 Å². The zero-order valence-corrected chi connectivity index (χ0v) is 19.3. The molecule has 156 valence electrons. The Bertz CT molecular complexity index is 749. The molecule has 1 atom stereocenters. The van der Waals surface area contributed by atoms with Gasteiger partial charge in [-0.2, -0.15) is 0 Å². The second kappa shape index (κ2) is 11.5. The molecule has 3 heterocycles. The lowest BCUT2D eigenvalue weighted by Gasteiger charge is -2.34. The van der Waals surface area contributed by atoms with Crippen molar-refractivity contribution in [2.24, 2.45) is 10.9 Å². The molecule has 1 aliphatic heterocycles. The van der Waals surface area contributed by atoms with Crippen LogP contribution in [0.15, 0.2) is 29.4 Å². The van der Waals surface area contributed by atoms with Gasteiger partial charge in [-0.3, -0.25) is 9.30 Å².